The predicted molar refractivity (Wildman–Crippen MR) is 93.4 cm³/mol. The fraction of sp³-hybridized carbons (Fsp3) is 0.941. The van der Waals surface area contributed by atoms with Crippen LogP contribution in [0.3, 0.4) is 0 Å². The summed E-state index contributed by atoms with van der Waals surface area (Å²) in [5.41, 5.74) is 0. The lowest BCUT2D eigenvalue weighted by molar-refractivity contribution is 0.548. The molecule has 0 atom stereocenters. The smallest absolute Gasteiger partial charge is 0.00675 e. The zero-order chi connectivity index (χ0) is 13.3. The second-order valence-electron chi connectivity index (χ2n) is 5.36. The van der Waals surface area contributed by atoms with Crippen molar-refractivity contribution in [3.8, 4) is 0 Å². The quantitative estimate of drug-likeness (QED) is 0.336. The molecular weight excluding hydrogens is 250 g/mol. The second kappa shape index (κ2) is 20.6. The molecule has 0 saturated carbocycles. The van der Waals surface area contributed by atoms with Gasteiger partial charge in [0.25, 0.3) is 0 Å². The summed E-state index contributed by atoms with van der Waals surface area (Å²) in [6.45, 7) is 6.15. The SMILES string of the molecule is N.[CH2]CCSCCCCCCCCCCCCCC. The third-order valence-corrected chi connectivity index (χ3v) is 4.59. The lowest BCUT2D eigenvalue weighted by Crippen LogP contribution is -1.85. The van der Waals surface area contributed by atoms with Crippen LogP contribution in [0.4, 0.5) is 0 Å². The fourth-order valence-electron chi connectivity index (χ4n) is 2.25. The number of hydrogen-bond donors (Lipinski definition) is 1. The molecule has 19 heavy (non-hydrogen) atoms. The van der Waals surface area contributed by atoms with Gasteiger partial charge in [0.2, 0.25) is 0 Å². The van der Waals surface area contributed by atoms with Gasteiger partial charge in [0.15, 0.2) is 0 Å². The Morgan fingerprint density at radius 3 is 1.47 bits per heavy atom. The van der Waals surface area contributed by atoms with Crippen molar-refractivity contribution in [2.24, 2.45) is 0 Å². The van der Waals surface area contributed by atoms with Gasteiger partial charge >= 0.3 is 0 Å². The van der Waals surface area contributed by atoms with E-state index in [1.54, 1.807) is 0 Å². The van der Waals surface area contributed by atoms with E-state index in [1.165, 1.54) is 88.6 Å². The topological polar surface area (TPSA) is 35.0 Å². The van der Waals surface area contributed by atoms with Crippen LogP contribution in [-0.4, -0.2) is 11.5 Å². The van der Waals surface area contributed by atoms with E-state index >= 15 is 0 Å². The molecule has 1 nitrogen and oxygen atoms in total. The van der Waals surface area contributed by atoms with E-state index in [9.17, 15) is 0 Å². The molecule has 0 unspecified atom stereocenters. The Bertz CT molecular complexity index is 123. The van der Waals surface area contributed by atoms with Crippen molar-refractivity contribution in [2.75, 3.05) is 11.5 Å². The maximum atomic E-state index is 3.86. The largest absolute Gasteiger partial charge is 0.344 e. The van der Waals surface area contributed by atoms with Crippen molar-refractivity contribution in [2.45, 2.75) is 90.4 Å². The van der Waals surface area contributed by atoms with Crippen LogP contribution < -0.4 is 6.15 Å². The lowest BCUT2D eigenvalue weighted by atomic mass is 10.1. The van der Waals surface area contributed by atoms with Crippen LogP contribution in [0.15, 0.2) is 0 Å². The van der Waals surface area contributed by atoms with Gasteiger partial charge in [-0.3, -0.25) is 0 Å². The van der Waals surface area contributed by atoms with Crippen LogP contribution in [-0.2, 0) is 0 Å². The molecule has 0 amide bonds. The van der Waals surface area contributed by atoms with Crippen molar-refractivity contribution in [3.63, 3.8) is 0 Å². The first-order valence-electron chi connectivity index (χ1n) is 8.28. The molecule has 0 fully saturated rings. The minimum absolute atomic E-state index is 0. The van der Waals surface area contributed by atoms with E-state index in [2.05, 4.69) is 25.6 Å². The highest BCUT2D eigenvalue weighted by Gasteiger charge is 1.93. The minimum atomic E-state index is 0. The molecule has 117 valence electrons. The maximum absolute atomic E-state index is 3.86. The van der Waals surface area contributed by atoms with Gasteiger partial charge in [-0.05, 0) is 24.3 Å². The van der Waals surface area contributed by atoms with Gasteiger partial charge in [-0.15, -0.1) is 0 Å². The monoisotopic (exact) mass is 288 g/mol. The van der Waals surface area contributed by atoms with E-state index in [0.717, 1.165) is 6.42 Å². The van der Waals surface area contributed by atoms with E-state index in [0.29, 0.717) is 0 Å². The minimum Gasteiger partial charge on any atom is -0.344 e. The third-order valence-electron chi connectivity index (χ3n) is 3.43. The van der Waals surface area contributed by atoms with Crippen molar-refractivity contribution >= 4 is 11.8 Å². The standard InChI is InChI=1S/C17H35S.H3N/c1-3-5-6-7-8-9-10-11-12-13-14-15-17-18-16-4-2;/h2-17H2,1H3;1H3. The molecule has 0 aliphatic rings. The average Bonchev–Trinajstić information content (AvgIpc) is 2.39. The lowest BCUT2D eigenvalue weighted by Gasteiger charge is -2.03. The molecule has 0 heterocycles. The summed E-state index contributed by atoms with van der Waals surface area (Å²) < 4.78 is 0. The zero-order valence-corrected chi connectivity index (χ0v) is 14.2. The first kappa shape index (κ1) is 21.6. The summed E-state index contributed by atoms with van der Waals surface area (Å²) in [6.07, 6.45) is 18.5. The molecule has 0 aromatic rings. The molecule has 3 N–H and O–H groups in total. The van der Waals surface area contributed by atoms with Gasteiger partial charge in [0.1, 0.15) is 0 Å². The van der Waals surface area contributed by atoms with Crippen LogP contribution in [0, 0.1) is 6.92 Å². The first-order valence-corrected chi connectivity index (χ1v) is 9.44. The van der Waals surface area contributed by atoms with Gasteiger partial charge in [0.05, 0.1) is 0 Å². The number of thioether (sulfide) groups is 1. The Morgan fingerprint density at radius 1 is 0.632 bits per heavy atom. The van der Waals surface area contributed by atoms with Gasteiger partial charge in [-0.2, -0.15) is 11.8 Å². The average molecular weight is 289 g/mol. The molecule has 0 aromatic carbocycles. The predicted octanol–water partition coefficient (Wildman–Crippen LogP) is 6.81. The van der Waals surface area contributed by atoms with Gasteiger partial charge in [-0.1, -0.05) is 84.5 Å². The highest BCUT2D eigenvalue weighted by molar-refractivity contribution is 7.99. The molecular formula is C17H38NS. The molecule has 0 rings (SSSR count). The molecule has 0 spiro atoms. The number of unbranched alkanes of at least 4 members (excludes halogenated alkanes) is 11. The number of hydrogen-bond acceptors (Lipinski definition) is 2. The molecule has 0 aromatic heterocycles. The Balaban J connectivity index is 0. The summed E-state index contributed by atoms with van der Waals surface area (Å²) in [7, 11) is 0. The zero-order valence-electron chi connectivity index (χ0n) is 13.4. The van der Waals surface area contributed by atoms with Crippen LogP contribution in [0.2, 0.25) is 0 Å². The van der Waals surface area contributed by atoms with Crippen molar-refractivity contribution in [3.05, 3.63) is 6.92 Å². The first-order chi connectivity index (χ1) is 8.91. The van der Waals surface area contributed by atoms with Crippen LogP contribution in [0.1, 0.15) is 90.4 Å². The van der Waals surface area contributed by atoms with Crippen LogP contribution in [0.25, 0.3) is 0 Å². The molecule has 0 aliphatic heterocycles. The Morgan fingerprint density at radius 2 is 1.05 bits per heavy atom. The van der Waals surface area contributed by atoms with Gasteiger partial charge < -0.3 is 6.15 Å². The Kier molecular flexibility index (Phi) is 23.5. The van der Waals surface area contributed by atoms with E-state index in [1.807, 2.05) is 0 Å². The maximum Gasteiger partial charge on any atom is -0.00675 e. The van der Waals surface area contributed by atoms with Gasteiger partial charge in [0, 0.05) is 0 Å². The van der Waals surface area contributed by atoms with E-state index in [-0.39, 0.29) is 6.15 Å². The summed E-state index contributed by atoms with van der Waals surface area (Å²) in [4.78, 5) is 0. The van der Waals surface area contributed by atoms with Crippen LogP contribution >= 0.6 is 11.8 Å². The Labute approximate surface area is 127 Å². The molecule has 2 heteroatoms. The summed E-state index contributed by atoms with van der Waals surface area (Å²) in [6, 6.07) is 0. The number of rotatable bonds is 15. The molecule has 0 bridgehead atoms. The fourth-order valence-corrected chi connectivity index (χ4v) is 3.07. The van der Waals surface area contributed by atoms with E-state index in [4.69, 9.17) is 0 Å². The van der Waals surface area contributed by atoms with E-state index < -0.39 is 0 Å². The third kappa shape index (κ3) is 20.8. The molecule has 0 aliphatic carbocycles. The van der Waals surface area contributed by atoms with Crippen molar-refractivity contribution in [1.82, 2.24) is 6.15 Å². The molecule has 0 saturated heterocycles. The molecule has 1 radical (unpaired) electrons. The highest BCUT2D eigenvalue weighted by Crippen LogP contribution is 2.13. The van der Waals surface area contributed by atoms with Crippen LogP contribution in [0.5, 0.6) is 0 Å². The normalized spacial score (nSPS) is 10.4. The highest BCUT2D eigenvalue weighted by atomic mass is 32.2. The summed E-state index contributed by atoms with van der Waals surface area (Å²) in [5.74, 6) is 2.60. The second-order valence-corrected chi connectivity index (χ2v) is 6.58. The summed E-state index contributed by atoms with van der Waals surface area (Å²) >= 11 is 2.07. The van der Waals surface area contributed by atoms with Crippen molar-refractivity contribution < 1.29 is 0 Å². The Hall–Kier alpha value is 0.310. The van der Waals surface area contributed by atoms with Gasteiger partial charge in [-0.25, -0.2) is 0 Å². The summed E-state index contributed by atoms with van der Waals surface area (Å²) in [5, 5.41) is 0. The van der Waals surface area contributed by atoms with Crippen molar-refractivity contribution in [1.29, 1.82) is 0 Å².